The smallest absolute Gasteiger partial charge is 0.363 e. The average molecular weight is 738 g/mol. The molecule has 13 heteroatoms. The summed E-state index contributed by atoms with van der Waals surface area (Å²) in [6, 6.07) is 26.0. The number of hydrogen-bond donors (Lipinski definition) is 3. The Balaban J connectivity index is 1.40. The zero-order valence-electron chi connectivity index (χ0n) is 29.1. The Morgan fingerprint density at radius 2 is 1.40 bits per heavy atom. The first-order valence-electron chi connectivity index (χ1n) is 16.6. The van der Waals surface area contributed by atoms with Crippen molar-refractivity contribution in [2.45, 2.75) is 33.2 Å². The molecule has 53 heavy (non-hydrogen) atoms. The standard InChI is InChI=1S/C40H36N2O10S/c1-25-22-29(39(45)52-42-35(43)18-19-36(42)44)23-26(2)38(25)51-40(46)37-31-8-4-5-9-33(31)41(20-6-7-21-53(47,48)49)34-17-14-28(24-32(34)37)11-10-27-12-15-30(50-3)16-13-27/h4-5,8-19,22-24H,6-7,20-21H2,1-3H3,(H2,46,47,48,49)/p+1. The number of fused-ring (bicyclic) bond motifs is 2. The second-order valence-corrected chi connectivity index (χ2v) is 14.0. The van der Waals surface area contributed by atoms with Crippen LogP contribution < -0.4 is 18.9 Å². The van der Waals surface area contributed by atoms with Crippen molar-refractivity contribution in [3.63, 3.8) is 0 Å². The van der Waals surface area contributed by atoms with Crippen LogP contribution in [0, 0.1) is 13.8 Å². The Hall–Kier alpha value is -6.18. The van der Waals surface area contributed by atoms with Gasteiger partial charge in [0.2, 0.25) is 22.8 Å². The van der Waals surface area contributed by atoms with Gasteiger partial charge in [0.15, 0.2) is 0 Å². The largest absolute Gasteiger partial charge is 0.497 e. The summed E-state index contributed by atoms with van der Waals surface area (Å²) in [5.41, 5.74) is 4.54. The summed E-state index contributed by atoms with van der Waals surface area (Å²) in [7, 11) is -2.51. The van der Waals surface area contributed by atoms with Crippen LogP contribution >= 0.6 is 0 Å². The molecule has 0 aliphatic rings. The lowest BCUT2D eigenvalue weighted by molar-refractivity contribution is -0.645. The summed E-state index contributed by atoms with van der Waals surface area (Å²) < 4.78 is 46.1. The van der Waals surface area contributed by atoms with E-state index >= 15 is 0 Å². The SMILES string of the molecule is COc1ccc(C=Cc2ccc3c(c2)c(C(=O)Oc2c(C)cc(C(=O)On4c(O)ccc4O)cc2C)c2ccccc2[n+]3CCCCS(=O)(=O)O)cc1. The van der Waals surface area contributed by atoms with Crippen molar-refractivity contribution in [2.75, 3.05) is 12.9 Å². The number of para-hydroxylation sites is 1. The highest BCUT2D eigenvalue weighted by Crippen LogP contribution is 2.31. The van der Waals surface area contributed by atoms with Gasteiger partial charge in [0, 0.05) is 30.7 Å². The van der Waals surface area contributed by atoms with Crippen molar-refractivity contribution < 1.29 is 51.7 Å². The van der Waals surface area contributed by atoms with Gasteiger partial charge in [-0.1, -0.05) is 36.4 Å². The van der Waals surface area contributed by atoms with Gasteiger partial charge >= 0.3 is 11.9 Å². The van der Waals surface area contributed by atoms with Crippen molar-refractivity contribution in [1.29, 1.82) is 0 Å². The van der Waals surface area contributed by atoms with Crippen molar-refractivity contribution in [2.24, 2.45) is 0 Å². The van der Waals surface area contributed by atoms with Crippen LogP contribution in [0.25, 0.3) is 34.0 Å². The maximum atomic E-state index is 14.4. The molecule has 0 amide bonds. The zero-order chi connectivity index (χ0) is 37.9. The summed E-state index contributed by atoms with van der Waals surface area (Å²) >= 11 is 0. The number of esters is 1. The van der Waals surface area contributed by atoms with Gasteiger partial charge in [-0.05, 0) is 85.0 Å². The molecular formula is C40H37N2O10S+. The summed E-state index contributed by atoms with van der Waals surface area (Å²) in [6.07, 6.45) is 4.57. The molecule has 0 unspecified atom stereocenters. The predicted octanol–water partition coefficient (Wildman–Crippen LogP) is 6.45. The number of ether oxygens (including phenoxy) is 2. The first-order chi connectivity index (χ1) is 25.3. The zero-order valence-corrected chi connectivity index (χ0v) is 30.0. The quantitative estimate of drug-likeness (QED) is 0.0242. The van der Waals surface area contributed by atoms with E-state index in [2.05, 4.69) is 0 Å². The van der Waals surface area contributed by atoms with E-state index in [9.17, 15) is 32.8 Å². The van der Waals surface area contributed by atoms with Gasteiger partial charge in [0.1, 0.15) is 18.0 Å². The molecule has 0 fully saturated rings. The number of aromatic nitrogens is 2. The number of benzene rings is 4. The molecule has 2 aromatic heterocycles. The van der Waals surface area contributed by atoms with Gasteiger partial charge in [-0.2, -0.15) is 13.0 Å². The van der Waals surface area contributed by atoms with Gasteiger partial charge < -0.3 is 24.5 Å². The fourth-order valence-corrected chi connectivity index (χ4v) is 6.78. The second kappa shape index (κ2) is 15.2. The van der Waals surface area contributed by atoms with Crippen LogP contribution in [0.4, 0.5) is 0 Å². The molecule has 6 aromatic rings. The molecule has 6 rings (SSSR count). The monoisotopic (exact) mass is 737 g/mol. The van der Waals surface area contributed by atoms with E-state index in [0.717, 1.165) is 22.4 Å². The highest BCUT2D eigenvalue weighted by atomic mass is 32.2. The predicted molar refractivity (Wildman–Crippen MR) is 199 cm³/mol. The number of pyridine rings is 1. The van der Waals surface area contributed by atoms with E-state index in [1.165, 1.54) is 24.3 Å². The highest BCUT2D eigenvalue weighted by molar-refractivity contribution is 7.85. The van der Waals surface area contributed by atoms with Crippen LogP contribution in [-0.2, 0) is 16.7 Å². The van der Waals surface area contributed by atoms with E-state index in [1.807, 2.05) is 83.4 Å². The molecule has 3 N–H and O–H groups in total. The minimum atomic E-state index is -4.11. The van der Waals surface area contributed by atoms with Gasteiger partial charge in [-0.3, -0.25) is 4.55 Å². The third-order valence-corrected chi connectivity index (χ3v) is 9.53. The number of carbonyl (C=O) groups excluding carboxylic acids is 2. The third-order valence-electron chi connectivity index (χ3n) is 8.73. The third kappa shape index (κ3) is 8.16. The van der Waals surface area contributed by atoms with Gasteiger partial charge in [0.05, 0.1) is 34.8 Å². The first-order valence-corrected chi connectivity index (χ1v) is 18.3. The van der Waals surface area contributed by atoms with Gasteiger partial charge in [-0.25, -0.2) is 9.59 Å². The highest BCUT2D eigenvalue weighted by Gasteiger charge is 2.27. The maximum absolute atomic E-state index is 14.4. The van der Waals surface area contributed by atoms with Crippen molar-refractivity contribution in [1.82, 2.24) is 4.73 Å². The summed E-state index contributed by atoms with van der Waals surface area (Å²) in [4.78, 5) is 32.4. The number of unbranched alkanes of at least 4 members (excludes halogenated alkanes) is 1. The fourth-order valence-electron chi connectivity index (χ4n) is 6.21. The Morgan fingerprint density at radius 1 is 0.774 bits per heavy atom. The van der Waals surface area contributed by atoms with Crippen molar-refractivity contribution in [3.05, 3.63) is 124 Å². The average Bonchev–Trinajstić information content (AvgIpc) is 3.45. The fraction of sp³-hybridized carbons (Fsp3) is 0.175. The number of nitrogens with zero attached hydrogens (tertiary/aromatic N) is 2. The number of aryl methyl sites for hydroxylation is 3. The van der Waals surface area contributed by atoms with Gasteiger partial charge in [-0.15, -0.1) is 4.73 Å². The molecule has 0 spiro atoms. The van der Waals surface area contributed by atoms with Crippen LogP contribution in [-0.4, -0.2) is 52.7 Å². The summed E-state index contributed by atoms with van der Waals surface area (Å²) in [6.45, 7) is 3.78. The molecule has 0 atom stereocenters. The first kappa shape index (κ1) is 36.6. The van der Waals surface area contributed by atoms with E-state index in [4.69, 9.17) is 14.3 Å². The molecule has 2 heterocycles. The lowest BCUT2D eigenvalue weighted by Crippen LogP contribution is -2.37. The Labute approximate surface area is 305 Å². The van der Waals surface area contributed by atoms with Crippen LogP contribution in [0.15, 0.2) is 91.0 Å². The molecule has 0 saturated heterocycles. The number of rotatable bonds is 12. The lowest BCUT2D eigenvalue weighted by atomic mass is 9.99. The number of aromatic hydroxyl groups is 2. The molecule has 12 nitrogen and oxygen atoms in total. The van der Waals surface area contributed by atoms with E-state index in [0.29, 0.717) is 50.7 Å². The minimum absolute atomic E-state index is 0.103. The number of carbonyl (C=O) groups is 2. The topological polar surface area (TPSA) is 165 Å². The number of methoxy groups -OCH3 is 1. The van der Waals surface area contributed by atoms with E-state index in [-0.39, 0.29) is 23.5 Å². The molecule has 272 valence electrons. The molecule has 0 saturated carbocycles. The normalized spacial score (nSPS) is 11.7. The van der Waals surface area contributed by atoms with Crippen molar-refractivity contribution in [3.8, 4) is 23.3 Å². The molecule has 0 bridgehead atoms. The Bertz CT molecular complexity index is 2460. The Kier molecular flexibility index (Phi) is 10.5. The van der Waals surface area contributed by atoms with Crippen LogP contribution in [0.1, 0.15) is 55.8 Å². The van der Waals surface area contributed by atoms with Crippen LogP contribution in [0.3, 0.4) is 0 Å². The molecule has 0 aliphatic heterocycles. The lowest BCUT2D eigenvalue weighted by Gasteiger charge is -2.15. The van der Waals surface area contributed by atoms with E-state index < -0.39 is 33.8 Å². The maximum Gasteiger partial charge on any atom is 0.363 e. The Morgan fingerprint density at radius 3 is 2.06 bits per heavy atom. The molecule has 4 aromatic carbocycles. The van der Waals surface area contributed by atoms with Crippen LogP contribution in [0.5, 0.6) is 23.3 Å². The second-order valence-electron chi connectivity index (χ2n) is 12.5. The summed E-state index contributed by atoms with van der Waals surface area (Å²) in [5.74, 6) is -1.79. The molecule has 0 aliphatic carbocycles. The molecule has 0 radical (unpaired) electrons. The summed E-state index contributed by atoms with van der Waals surface area (Å²) in [5, 5.41) is 21.0. The van der Waals surface area contributed by atoms with Crippen molar-refractivity contribution >= 4 is 56.0 Å². The molecular weight excluding hydrogens is 701 g/mol. The minimum Gasteiger partial charge on any atom is -0.497 e. The van der Waals surface area contributed by atoms with E-state index in [1.54, 1.807) is 21.0 Å². The van der Waals surface area contributed by atoms with Gasteiger partial charge in [0.25, 0.3) is 10.1 Å². The van der Waals surface area contributed by atoms with Crippen LogP contribution in [0.2, 0.25) is 0 Å². The number of hydrogen-bond acceptors (Lipinski definition) is 9.